The lowest BCUT2D eigenvalue weighted by Gasteiger charge is -2.13. The van der Waals surface area contributed by atoms with Gasteiger partial charge in [-0.25, -0.2) is 0 Å². The number of nitrogens with one attached hydrogen (secondary N) is 2. The minimum absolute atomic E-state index is 0.803. The molecular weight excluding hydrogens is 290 g/mol. The van der Waals surface area contributed by atoms with E-state index in [4.69, 9.17) is 0 Å². The summed E-state index contributed by atoms with van der Waals surface area (Å²) >= 11 is 3.52. The molecule has 3 nitrogen and oxygen atoms in total. The van der Waals surface area contributed by atoms with E-state index in [1.165, 1.54) is 22.4 Å². The number of hydrogen-bond donors (Lipinski definition) is 2. The quantitative estimate of drug-likeness (QED) is 0.899. The first-order valence-corrected chi connectivity index (χ1v) is 6.79. The summed E-state index contributed by atoms with van der Waals surface area (Å²) in [6.45, 7) is 9.13. The lowest BCUT2D eigenvalue weighted by atomic mass is 10.1. The number of anilines is 1. The molecule has 0 saturated heterocycles. The van der Waals surface area contributed by atoms with Crippen molar-refractivity contribution in [3.05, 3.63) is 44.7 Å². The fourth-order valence-electron chi connectivity index (χ4n) is 2.20. The highest BCUT2D eigenvalue weighted by molar-refractivity contribution is 9.10. The van der Waals surface area contributed by atoms with Crippen LogP contribution in [0.4, 0.5) is 5.69 Å². The van der Waals surface area contributed by atoms with E-state index in [0.717, 1.165) is 22.4 Å². The number of H-pyrrole nitrogens is 1. The molecule has 0 aliphatic rings. The summed E-state index contributed by atoms with van der Waals surface area (Å²) in [4.78, 5) is 0. The largest absolute Gasteiger partial charge is 0.380 e. The van der Waals surface area contributed by atoms with Gasteiger partial charge in [0.15, 0.2) is 0 Å². The second kappa shape index (κ2) is 5.14. The minimum atomic E-state index is 0.803. The standard InChI is InChI=1S/C14H18BrN3/c1-8-5-12(15)6-9(2)14(8)16-7-13-10(3)17-18-11(13)4/h5-6,16H,7H2,1-4H3,(H,17,18). The minimum Gasteiger partial charge on any atom is -0.380 e. The summed E-state index contributed by atoms with van der Waals surface area (Å²) in [7, 11) is 0. The average molecular weight is 308 g/mol. The van der Waals surface area contributed by atoms with Crippen LogP contribution in [0.3, 0.4) is 0 Å². The van der Waals surface area contributed by atoms with Gasteiger partial charge in [0.05, 0.1) is 5.69 Å². The van der Waals surface area contributed by atoms with Crippen molar-refractivity contribution in [1.29, 1.82) is 0 Å². The Hall–Kier alpha value is -1.29. The van der Waals surface area contributed by atoms with E-state index >= 15 is 0 Å². The molecule has 0 aliphatic carbocycles. The van der Waals surface area contributed by atoms with Crippen molar-refractivity contribution >= 4 is 21.6 Å². The molecule has 0 saturated carbocycles. The summed E-state index contributed by atoms with van der Waals surface area (Å²) in [5.74, 6) is 0. The number of nitrogens with zero attached hydrogens (tertiary/aromatic N) is 1. The second-order valence-corrected chi connectivity index (χ2v) is 5.60. The van der Waals surface area contributed by atoms with E-state index in [9.17, 15) is 0 Å². The zero-order chi connectivity index (χ0) is 13.3. The van der Waals surface area contributed by atoms with E-state index in [2.05, 4.69) is 64.3 Å². The Labute approximate surface area is 116 Å². The van der Waals surface area contributed by atoms with E-state index in [-0.39, 0.29) is 0 Å². The van der Waals surface area contributed by atoms with Crippen LogP contribution in [-0.4, -0.2) is 10.2 Å². The van der Waals surface area contributed by atoms with Crippen LogP contribution in [0.5, 0.6) is 0 Å². The van der Waals surface area contributed by atoms with E-state index in [0.29, 0.717) is 0 Å². The molecule has 0 atom stereocenters. The molecule has 1 aromatic heterocycles. The van der Waals surface area contributed by atoms with Gasteiger partial charge in [-0.2, -0.15) is 5.10 Å². The Morgan fingerprint density at radius 2 is 1.78 bits per heavy atom. The van der Waals surface area contributed by atoms with Crippen molar-refractivity contribution in [1.82, 2.24) is 10.2 Å². The molecule has 0 amide bonds. The van der Waals surface area contributed by atoms with Gasteiger partial charge in [0.2, 0.25) is 0 Å². The number of aromatic nitrogens is 2. The predicted molar refractivity (Wildman–Crippen MR) is 79.0 cm³/mol. The molecule has 0 bridgehead atoms. The number of hydrogen-bond acceptors (Lipinski definition) is 2. The monoisotopic (exact) mass is 307 g/mol. The number of halogens is 1. The van der Waals surface area contributed by atoms with Gasteiger partial charge in [-0.05, 0) is 51.0 Å². The number of aromatic amines is 1. The SMILES string of the molecule is Cc1cc(Br)cc(C)c1NCc1c(C)n[nH]c1C. The fourth-order valence-corrected chi connectivity index (χ4v) is 2.89. The number of aryl methyl sites for hydroxylation is 4. The Bertz CT molecular complexity index is 530. The molecule has 96 valence electrons. The van der Waals surface area contributed by atoms with Crippen LogP contribution < -0.4 is 5.32 Å². The third-order valence-electron chi connectivity index (χ3n) is 3.22. The smallest absolute Gasteiger partial charge is 0.0643 e. The van der Waals surface area contributed by atoms with Crippen molar-refractivity contribution in [3.63, 3.8) is 0 Å². The molecule has 0 spiro atoms. The Kier molecular flexibility index (Phi) is 3.76. The molecule has 2 N–H and O–H groups in total. The maximum atomic E-state index is 4.21. The van der Waals surface area contributed by atoms with Crippen LogP contribution in [-0.2, 0) is 6.54 Å². The zero-order valence-electron chi connectivity index (χ0n) is 11.2. The highest BCUT2D eigenvalue weighted by Gasteiger charge is 2.08. The molecule has 18 heavy (non-hydrogen) atoms. The van der Waals surface area contributed by atoms with Crippen LogP contribution in [0.1, 0.15) is 28.1 Å². The maximum Gasteiger partial charge on any atom is 0.0643 e. The van der Waals surface area contributed by atoms with Crippen molar-refractivity contribution in [2.45, 2.75) is 34.2 Å². The van der Waals surface area contributed by atoms with E-state index in [1.807, 2.05) is 6.92 Å². The highest BCUT2D eigenvalue weighted by atomic mass is 79.9. The van der Waals surface area contributed by atoms with Crippen LogP contribution in [0, 0.1) is 27.7 Å². The maximum absolute atomic E-state index is 4.21. The summed E-state index contributed by atoms with van der Waals surface area (Å²) in [5, 5.41) is 10.7. The average Bonchev–Trinajstić information content (AvgIpc) is 2.58. The second-order valence-electron chi connectivity index (χ2n) is 4.68. The van der Waals surface area contributed by atoms with Gasteiger partial charge in [0, 0.05) is 28.0 Å². The lowest BCUT2D eigenvalue weighted by molar-refractivity contribution is 1.02. The molecule has 2 aromatic rings. The zero-order valence-corrected chi connectivity index (χ0v) is 12.8. The third-order valence-corrected chi connectivity index (χ3v) is 3.68. The van der Waals surface area contributed by atoms with Gasteiger partial charge in [0.25, 0.3) is 0 Å². The van der Waals surface area contributed by atoms with Gasteiger partial charge in [-0.3, -0.25) is 5.10 Å². The van der Waals surface area contributed by atoms with Crippen LogP contribution in [0.15, 0.2) is 16.6 Å². The third kappa shape index (κ3) is 2.58. The first kappa shape index (κ1) is 13.1. The molecule has 0 aliphatic heterocycles. The Morgan fingerprint density at radius 3 is 2.28 bits per heavy atom. The highest BCUT2D eigenvalue weighted by Crippen LogP contribution is 2.26. The molecule has 1 aromatic carbocycles. The lowest BCUT2D eigenvalue weighted by Crippen LogP contribution is -2.04. The first-order chi connectivity index (χ1) is 8.49. The van der Waals surface area contributed by atoms with Gasteiger partial charge in [-0.15, -0.1) is 0 Å². The van der Waals surface area contributed by atoms with Crippen molar-refractivity contribution in [2.75, 3.05) is 5.32 Å². The molecular formula is C14H18BrN3. The summed E-state index contributed by atoms with van der Waals surface area (Å²) < 4.78 is 1.12. The molecule has 0 fully saturated rings. The molecule has 1 heterocycles. The van der Waals surface area contributed by atoms with Crippen molar-refractivity contribution < 1.29 is 0 Å². The van der Waals surface area contributed by atoms with Gasteiger partial charge < -0.3 is 5.32 Å². The van der Waals surface area contributed by atoms with Crippen LogP contribution in [0.2, 0.25) is 0 Å². The number of benzene rings is 1. The van der Waals surface area contributed by atoms with Crippen molar-refractivity contribution in [2.24, 2.45) is 0 Å². The molecule has 2 rings (SSSR count). The summed E-state index contributed by atoms with van der Waals surface area (Å²) in [5.41, 5.74) is 7.15. The summed E-state index contributed by atoms with van der Waals surface area (Å²) in [6.07, 6.45) is 0. The number of rotatable bonds is 3. The molecule has 0 unspecified atom stereocenters. The van der Waals surface area contributed by atoms with Crippen LogP contribution >= 0.6 is 15.9 Å². The Morgan fingerprint density at radius 1 is 1.17 bits per heavy atom. The predicted octanol–water partition coefficient (Wildman–Crippen LogP) is 4.02. The topological polar surface area (TPSA) is 40.7 Å². The Balaban J connectivity index is 2.21. The molecule has 0 radical (unpaired) electrons. The normalized spacial score (nSPS) is 10.7. The van der Waals surface area contributed by atoms with Crippen molar-refractivity contribution in [3.8, 4) is 0 Å². The first-order valence-electron chi connectivity index (χ1n) is 6.00. The summed E-state index contributed by atoms with van der Waals surface area (Å²) in [6, 6.07) is 4.26. The fraction of sp³-hybridized carbons (Fsp3) is 0.357. The van der Waals surface area contributed by atoms with Gasteiger partial charge >= 0.3 is 0 Å². The van der Waals surface area contributed by atoms with Crippen LogP contribution in [0.25, 0.3) is 0 Å². The van der Waals surface area contributed by atoms with E-state index in [1.54, 1.807) is 0 Å². The molecule has 4 heteroatoms. The van der Waals surface area contributed by atoms with Gasteiger partial charge in [-0.1, -0.05) is 15.9 Å². The van der Waals surface area contributed by atoms with Gasteiger partial charge in [0.1, 0.15) is 0 Å². The van der Waals surface area contributed by atoms with E-state index < -0.39 is 0 Å².